The standard InChI is InChI=1S/C16H20N2O3/c1-3-14(11-18-10-9-17-12-18)21-16(19)15(20-2)13-7-5-4-6-8-13/h4-10,12,14-15H,3,11H2,1-2H3/t14-,15+/m0/s1. The fourth-order valence-corrected chi connectivity index (χ4v) is 2.10. The molecule has 2 atom stereocenters. The van der Waals surface area contributed by atoms with E-state index in [4.69, 9.17) is 9.47 Å². The molecule has 0 unspecified atom stereocenters. The molecular weight excluding hydrogens is 268 g/mol. The van der Waals surface area contributed by atoms with Crippen LogP contribution >= 0.6 is 0 Å². The van der Waals surface area contributed by atoms with Gasteiger partial charge in [0.05, 0.1) is 12.9 Å². The van der Waals surface area contributed by atoms with Crippen molar-refractivity contribution in [2.24, 2.45) is 0 Å². The Hall–Kier alpha value is -2.14. The number of aromatic nitrogens is 2. The van der Waals surface area contributed by atoms with E-state index in [0.717, 1.165) is 12.0 Å². The van der Waals surface area contributed by atoms with Crippen LogP contribution in [0.5, 0.6) is 0 Å². The largest absolute Gasteiger partial charge is 0.458 e. The van der Waals surface area contributed by atoms with Gasteiger partial charge in [0.15, 0.2) is 6.10 Å². The molecule has 2 aromatic rings. The summed E-state index contributed by atoms with van der Waals surface area (Å²) in [5, 5.41) is 0. The number of imidazole rings is 1. The van der Waals surface area contributed by atoms with Crippen molar-refractivity contribution in [3.8, 4) is 0 Å². The number of hydrogen-bond donors (Lipinski definition) is 0. The molecule has 0 bridgehead atoms. The van der Waals surface area contributed by atoms with E-state index in [-0.39, 0.29) is 12.1 Å². The van der Waals surface area contributed by atoms with Gasteiger partial charge in [-0.3, -0.25) is 0 Å². The van der Waals surface area contributed by atoms with Crippen LogP contribution in [0.15, 0.2) is 49.1 Å². The Labute approximate surface area is 124 Å². The highest BCUT2D eigenvalue weighted by Crippen LogP contribution is 2.19. The van der Waals surface area contributed by atoms with Crippen molar-refractivity contribution < 1.29 is 14.3 Å². The fourth-order valence-electron chi connectivity index (χ4n) is 2.10. The van der Waals surface area contributed by atoms with E-state index in [0.29, 0.717) is 6.54 Å². The van der Waals surface area contributed by atoms with Crippen molar-refractivity contribution in [2.45, 2.75) is 32.1 Å². The second-order valence-corrected chi connectivity index (χ2v) is 4.75. The molecular formula is C16H20N2O3. The zero-order valence-electron chi connectivity index (χ0n) is 12.3. The molecule has 2 rings (SSSR count). The summed E-state index contributed by atoms with van der Waals surface area (Å²) in [6, 6.07) is 9.35. The predicted octanol–water partition coefficient (Wildman–Crippen LogP) is 2.59. The minimum absolute atomic E-state index is 0.201. The normalized spacial score (nSPS) is 13.6. The summed E-state index contributed by atoms with van der Waals surface area (Å²) < 4.78 is 12.7. The lowest BCUT2D eigenvalue weighted by atomic mass is 10.1. The molecule has 1 heterocycles. The number of esters is 1. The number of benzene rings is 1. The van der Waals surface area contributed by atoms with Crippen molar-refractivity contribution in [2.75, 3.05) is 7.11 Å². The van der Waals surface area contributed by atoms with E-state index >= 15 is 0 Å². The first-order chi connectivity index (χ1) is 10.2. The first-order valence-electron chi connectivity index (χ1n) is 6.98. The number of rotatable bonds is 7. The molecule has 0 spiro atoms. The van der Waals surface area contributed by atoms with Gasteiger partial charge in [-0.2, -0.15) is 0 Å². The summed E-state index contributed by atoms with van der Waals surface area (Å²) in [5.74, 6) is -0.365. The maximum absolute atomic E-state index is 12.3. The van der Waals surface area contributed by atoms with Crippen LogP contribution in [-0.4, -0.2) is 28.7 Å². The molecule has 0 aliphatic carbocycles. The van der Waals surface area contributed by atoms with E-state index in [2.05, 4.69) is 4.98 Å². The van der Waals surface area contributed by atoms with Crippen LogP contribution in [0.2, 0.25) is 0 Å². The first-order valence-corrected chi connectivity index (χ1v) is 6.98. The van der Waals surface area contributed by atoms with Crippen LogP contribution in [0.1, 0.15) is 25.0 Å². The summed E-state index contributed by atoms with van der Waals surface area (Å²) in [5.41, 5.74) is 0.794. The van der Waals surface area contributed by atoms with Crippen molar-refractivity contribution in [1.82, 2.24) is 9.55 Å². The van der Waals surface area contributed by atoms with Gasteiger partial charge in [0, 0.05) is 19.5 Å². The Kier molecular flexibility index (Phi) is 5.51. The highest BCUT2D eigenvalue weighted by Gasteiger charge is 2.24. The smallest absolute Gasteiger partial charge is 0.340 e. The Morgan fingerprint density at radius 2 is 2.10 bits per heavy atom. The summed E-state index contributed by atoms with van der Waals surface area (Å²) in [6.07, 6.45) is 5.10. The molecule has 21 heavy (non-hydrogen) atoms. The Bertz CT molecular complexity index is 540. The third-order valence-electron chi connectivity index (χ3n) is 3.26. The van der Waals surface area contributed by atoms with Crippen LogP contribution in [0.25, 0.3) is 0 Å². The van der Waals surface area contributed by atoms with E-state index in [1.54, 1.807) is 12.5 Å². The molecule has 0 aliphatic heterocycles. The first kappa shape index (κ1) is 15.3. The lowest BCUT2D eigenvalue weighted by Crippen LogP contribution is -2.27. The minimum Gasteiger partial charge on any atom is -0.458 e. The van der Waals surface area contributed by atoms with Gasteiger partial charge >= 0.3 is 5.97 Å². The average Bonchev–Trinajstić information content (AvgIpc) is 3.01. The Balaban J connectivity index is 2.00. The van der Waals surface area contributed by atoms with Crippen LogP contribution in [0, 0.1) is 0 Å². The summed E-state index contributed by atoms with van der Waals surface area (Å²) >= 11 is 0. The number of hydrogen-bond acceptors (Lipinski definition) is 4. The van der Waals surface area contributed by atoms with E-state index in [1.807, 2.05) is 48.0 Å². The van der Waals surface area contributed by atoms with Gasteiger partial charge in [-0.1, -0.05) is 37.3 Å². The second kappa shape index (κ2) is 7.59. The SMILES string of the molecule is CC[C@@H](Cn1ccnc1)OC(=O)[C@H](OC)c1ccccc1. The molecule has 5 heteroatoms. The summed E-state index contributed by atoms with van der Waals surface area (Å²) in [6.45, 7) is 2.58. The number of nitrogens with zero attached hydrogens (tertiary/aromatic N) is 2. The molecule has 112 valence electrons. The Morgan fingerprint density at radius 3 is 2.67 bits per heavy atom. The van der Waals surface area contributed by atoms with Gasteiger partial charge in [0.2, 0.25) is 0 Å². The van der Waals surface area contributed by atoms with Gasteiger partial charge in [-0.05, 0) is 12.0 Å². The second-order valence-electron chi connectivity index (χ2n) is 4.75. The zero-order valence-corrected chi connectivity index (χ0v) is 12.3. The van der Waals surface area contributed by atoms with Crippen LogP contribution in [-0.2, 0) is 20.8 Å². The zero-order chi connectivity index (χ0) is 15.1. The monoisotopic (exact) mass is 288 g/mol. The fraction of sp³-hybridized carbons (Fsp3) is 0.375. The van der Waals surface area contributed by atoms with Gasteiger partial charge in [0.1, 0.15) is 6.10 Å². The molecule has 0 amide bonds. The number of carbonyl (C=O) groups is 1. The number of carbonyl (C=O) groups excluding carboxylic acids is 1. The third kappa shape index (κ3) is 4.16. The molecule has 0 N–H and O–H groups in total. The molecule has 0 aliphatic rings. The van der Waals surface area contributed by atoms with Gasteiger partial charge in [-0.15, -0.1) is 0 Å². The number of ether oxygens (including phenoxy) is 2. The maximum atomic E-state index is 12.3. The predicted molar refractivity (Wildman–Crippen MR) is 78.6 cm³/mol. The lowest BCUT2D eigenvalue weighted by molar-refractivity contribution is -0.162. The number of methoxy groups -OCH3 is 1. The van der Waals surface area contributed by atoms with Crippen molar-refractivity contribution in [3.63, 3.8) is 0 Å². The van der Waals surface area contributed by atoms with Gasteiger partial charge < -0.3 is 14.0 Å². The molecule has 0 saturated carbocycles. The molecule has 1 aromatic heterocycles. The quantitative estimate of drug-likeness (QED) is 0.735. The average molecular weight is 288 g/mol. The van der Waals surface area contributed by atoms with Crippen molar-refractivity contribution >= 4 is 5.97 Å². The molecule has 5 nitrogen and oxygen atoms in total. The minimum atomic E-state index is -0.692. The molecule has 0 saturated heterocycles. The third-order valence-corrected chi connectivity index (χ3v) is 3.26. The van der Waals surface area contributed by atoms with E-state index in [1.165, 1.54) is 7.11 Å². The van der Waals surface area contributed by atoms with Crippen LogP contribution in [0.4, 0.5) is 0 Å². The van der Waals surface area contributed by atoms with Crippen molar-refractivity contribution in [3.05, 3.63) is 54.6 Å². The van der Waals surface area contributed by atoms with Crippen molar-refractivity contribution in [1.29, 1.82) is 0 Å². The summed E-state index contributed by atoms with van der Waals surface area (Å²) in [4.78, 5) is 16.3. The molecule has 1 aromatic carbocycles. The molecule has 0 radical (unpaired) electrons. The highest BCUT2D eigenvalue weighted by atomic mass is 16.6. The molecule has 0 fully saturated rings. The lowest BCUT2D eigenvalue weighted by Gasteiger charge is -2.20. The topological polar surface area (TPSA) is 53.4 Å². The van der Waals surface area contributed by atoms with Gasteiger partial charge in [-0.25, -0.2) is 9.78 Å². The van der Waals surface area contributed by atoms with E-state index < -0.39 is 6.10 Å². The Morgan fingerprint density at radius 1 is 1.33 bits per heavy atom. The van der Waals surface area contributed by atoms with Gasteiger partial charge in [0.25, 0.3) is 0 Å². The van der Waals surface area contributed by atoms with E-state index in [9.17, 15) is 4.79 Å². The summed E-state index contributed by atoms with van der Waals surface area (Å²) in [7, 11) is 1.51. The maximum Gasteiger partial charge on any atom is 0.340 e. The highest BCUT2D eigenvalue weighted by molar-refractivity contribution is 5.76. The van der Waals surface area contributed by atoms with Crippen LogP contribution in [0.3, 0.4) is 0 Å². The van der Waals surface area contributed by atoms with Crippen LogP contribution < -0.4 is 0 Å².